The number of carboxylic acids is 1. The number of imidazole rings is 1. The second-order valence-electron chi connectivity index (χ2n) is 8.67. The van der Waals surface area contributed by atoms with Gasteiger partial charge in [-0.3, -0.25) is 5.32 Å². The molecule has 6 rings (SSSR count). The van der Waals surface area contributed by atoms with E-state index in [0.717, 1.165) is 30.1 Å². The van der Waals surface area contributed by atoms with Crippen LogP contribution in [0.15, 0.2) is 35.3 Å². The monoisotopic (exact) mass is 555 g/mol. The summed E-state index contributed by atoms with van der Waals surface area (Å²) in [7, 11) is 0. The van der Waals surface area contributed by atoms with Crippen LogP contribution in [-0.4, -0.2) is 88.8 Å². The van der Waals surface area contributed by atoms with E-state index in [1.54, 1.807) is 6.07 Å². The normalized spacial score (nSPS) is 24.6. The van der Waals surface area contributed by atoms with E-state index in [1.165, 1.54) is 0 Å². The Bertz CT molecular complexity index is 1370. The average molecular weight is 556 g/mol. The molecule has 0 radical (unpaired) electrons. The molecule has 38 heavy (non-hydrogen) atoms. The van der Waals surface area contributed by atoms with Crippen molar-refractivity contribution in [1.82, 2.24) is 15.0 Å². The average Bonchev–Trinajstić information content (AvgIpc) is 3.66. The Hall–Kier alpha value is -3.30. The SMILES string of the molecule is O=C([O-])C(F)(F)F.O[C@@H]1CO[C@H]2[C@@H]1OC[C@H]2Oc1nc2nc(-c3ccc(C4=NCC[NH2+]4)cc3)c(Cl)cc2[nH]1. The number of aliphatic hydroxyl groups is 1. The summed E-state index contributed by atoms with van der Waals surface area (Å²) in [6.45, 7) is 2.43. The minimum absolute atomic E-state index is 0.250. The number of aromatic amines is 1. The van der Waals surface area contributed by atoms with Crippen LogP contribution in [0.1, 0.15) is 5.56 Å². The van der Waals surface area contributed by atoms with Crippen molar-refractivity contribution in [2.24, 2.45) is 4.99 Å². The Balaban J connectivity index is 0.000000374. The number of aliphatic hydroxyl groups excluding tert-OH is 1. The van der Waals surface area contributed by atoms with E-state index in [9.17, 15) is 18.3 Å². The molecule has 3 aromatic rings. The van der Waals surface area contributed by atoms with Gasteiger partial charge in [0.25, 0.3) is 6.01 Å². The van der Waals surface area contributed by atoms with Gasteiger partial charge in [-0.25, -0.2) is 9.98 Å². The zero-order chi connectivity index (χ0) is 27.0. The number of aromatic nitrogens is 3. The van der Waals surface area contributed by atoms with Crippen LogP contribution in [0.5, 0.6) is 6.01 Å². The second kappa shape index (κ2) is 10.5. The third-order valence-corrected chi connectivity index (χ3v) is 6.37. The van der Waals surface area contributed by atoms with Crippen LogP contribution < -0.4 is 15.2 Å². The lowest BCUT2D eigenvalue weighted by Gasteiger charge is -2.15. The van der Waals surface area contributed by atoms with Crippen LogP contribution in [0.2, 0.25) is 5.02 Å². The van der Waals surface area contributed by atoms with Gasteiger partial charge >= 0.3 is 6.18 Å². The molecule has 3 aliphatic rings. The Labute approximate surface area is 217 Å². The summed E-state index contributed by atoms with van der Waals surface area (Å²) in [6, 6.07) is 10.2. The molecule has 2 fully saturated rings. The highest BCUT2D eigenvalue weighted by Crippen LogP contribution is 2.32. The first-order chi connectivity index (χ1) is 18.1. The van der Waals surface area contributed by atoms with E-state index in [2.05, 4.69) is 25.3 Å². The standard InChI is InChI=1S/C21H20ClN5O4.C2HF3O2/c22-12-7-13-20(26-16(12)10-1-3-11(4-2-10)19-23-5-6-24-19)27-21(25-13)31-15-9-30-17-14(28)8-29-18(15)17;3-2(4,5)1(6)7/h1-4,7,14-15,17-18,28H,5-6,8-9H2,(H,23,24)(H,25,26,27);(H,6,7)/t14-,15-,17-,18-;/m1./s1. The van der Waals surface area contributed by atoms with Crippen LogP contribution in [0.4, 0.5) is 13.2 Å². The summed E-state index contributed by atoms with van der Waals surface area (Å²) < 4.78 is 48.7. The van der Waals surface area contributed by atoms with Crippen LogP contribution in [-0.2, 0) is 14.3 Å². The Morgan fingerprint density at radius 3 is 2.50 bits per heavy atom. The van der Waals surface area contributed by atoms with Gasteiger partial charge in [-0.15, -0.1) is 0 Å². The minimum Gasteiger partial charge on any atom is -0.542 e. The number of benzene rings is 1. The highest BCUT2D eigenvalue weighted by Gasteiger charge is 2.48. The molecule has 11 nitrogen and oxygen atoms in total. The fourth-order valence-electron chi connectivity index (χ4n) is 4.30. The summed E-state index contributed by atoms with van der Waals surface area (Å²) in [4.78, 5) is 25.5. The van der Waals surface area contributed by atoms with E-state index in [4.69, 9.17) is 35.7 Å². The first-order valence-electron chi connectivity index (χ1n) is 11.5. The van der Waals surface area contributed by atoms with Crippen LogP contribution in [0.25, 0.3) is 22.4 Å². The number of aliphatic carboxylic acids is 1. The van der Waals surface area contributed by atoms with Gasteiger partial charge in [-0.05, 0) is 18.2 Å². The molecule has 0 amide bonds. The van der Waals surface area contributed by atoms with Crippen molar-refractivity contribution < 1.29 is 47.7 Å². The number of halogens is 4. The number of alkyl halides is 3. The molecule has 5 heterocycles. The molecule has 4 N–H and O–H groups in total. The first-order valence-corrected chi connectivity index (χ1v) is 11.9. The van der Waals surface area contributed by atoms with Crippen LogP contribution >= 0.6 is 11.6 Å². The zero-order valence-electron chi connectivity index (χ0n) is 19.4. The van der Waals surface area contributed by atoms with Crippen molar-refractivity contribution in [3.63, 3.8) is 0 Å². The Morgan fingerprint density at radius 1 is 1.16 bits per heavy atom. The zero-order valence-corrected chi connectivity index (χ0v) is 20.2. The number of carboxylic acid groups (broad SMARTS) is 1. The van der Waals surface area contributed by atoms with Crippen molar-refractivity contribution in [2.75, 3.05) is 26.3 Å². The first kappa shape index (κ1) is 26.3. The van der Waals surface area contributed by atoms with Gasteiger partial charge in [-0.2, -0.15) is 18.2 Å². The number of ether oxygens (including phenoxy) is 3. The number of hydrogen-bond donors (Lipinski definition) is 3. The molecule has 202 valence electrons. The Kier molecular flexibility index (Phi) is 7.24. The van der Waals surface area contributed by atoms with Crippen molar-refractivity contribution in [3.05, 3.63) is 40.9 Å². The molecule has 3 aliphatic heterocycles. The van der Waals surface area contributed by atoms with Gasteiger partial charge in [0.15, 0.2) is 11.8 Å². The van der Waals surface area contributed by atoms with Crippen molar-refractivity contribution in [2.45, 2.75) is 30.6 Å². The van der Waals surface area contributed by atoms with E-state index < -0.39 is 18.2 Å². The highest BCUT2D eigenvalue weighted by atomic mass is 35.5. The van der Waals surface area contributed by atoms with Gasteiger partial charge in [0.2, 0.25) is 5.84 Å². The number of quaternary nitrogens is 1. The summed E-state index contributed by atoms with van der Waals surface area (Å²) in [5.41, 5.74) is 3.83. The molecule has 1 aromatic carbocycles. The lowest BCUT2D eigenvalue weighted by molar-refractivity contribution is -0.526. The number of nitrogens with one attached hydrogen (secondary N) is 1. The van der Waals surface area contributed by atoms with E-state index in [-0.39, 0.29) is 24.9 Å². The third-order valence-electron chi connectivity index (χ3n) is 6.08. The van der Waals surface area contributed by atoms with Gasteiger partial charge in [0.05, 0.1) is 41.6 Å². The van der Waals surface area contributed by atoms with Crippen molar-refractivity contribution >= 4 is 34.6 Å². The number of rotatable bonds is 4. The number of H-pyrrole nitrogens is 1. The van der Waals surface area contributed by atoms with Crippen LogP contribution in [0.3, 0.4) is 0 Å². The molecular weight excluding hydrogens is 535 g/mol. The van der Waals surface area contributed by atoms with E-state index >= 15 is 0 Å². The quantitative estimate of drug-likeness (QED) is 0.399. The summed E-state index contributed by atoms with van der Waals surface area (Å²) in [6.07, 6.45) is -6.83. The molecule has 0 spiro atoms. The fourth-order valence-corrected chi connectivity index (χ4v) is 4.56. The minimum atomic E-state index is -5.19. The lowest BCUT2D eigenvalue weighted by atomic mass is 10.1. The number of amidine groups is 1. The maximum Gasteiger partial charge on any atom is 0.430 e. The Morgan fingerprint density at radius 2 is 1.84 bits per heavy atom. The molecule has 0 bridgehead atoms. The maximum absolute atomic E-state index is 10.5. The predicted octanol–water partition coefficient (Wildman–Crippen LogP) is -0.194. The lowest BCUT2D eigenvalue weighted by Crippen LogP contribution is -2.86. The van der Waals surface area contributed by atoms with Gasteiger partial charge < -0.3 is 34.2 Å². The highest BCUT2D eigenvalue weighted by molar-refractivity contribution is 6.33. The smallest absolute Gasteiger partial charge is 0.430 e. The predicted molar refractivity (Wildman–Crippen MR) is 123 cm³/mol. The van der Waals surface area contributed by atoms with E-state index in [0.29, 0.717) is 34.5 Å². The number of fused-ring (bicyclic) bond motifs is 2. The van der Waals surface area contributed by atoms with Crippen LogP contribution in [0, 0.1) is 0 Å². The number of hydrogen-bond acceptors (Lipinski definition) is 9. The van der Waals surface area contributed by atoms with Crippen molar-refractivity contribution in [1.29, 1.82) is 0 Å². The third kappa shape index (κ3) is 5.44. The number of nitrogens with zero attached hydrogens (tertiary/aromatic N) is 3. The maximum atomic E-state index is 10.5. The van der Waals surface area contributed by atoms with E-state index in [1.807, 2.05) is 24.3 Å². The summed E-state index contributed by atoms with van der Waals surface area (Å²) >= 11 is 6.52. The largest absolute Gasteiger partial charge is 0.542 e. The molecule has 2 saturated heterocycles. The number of carbonyl (C=O) groups excluding carboxylic acids is 1. The molecule has 2 aromatic heterocycles. The van der Waals surface area contributed by atoms with Gasteiger partial charge in [0.1, 0.15) is 30.8 Å². The summed E-state index contributed by atoms with van der Waals surface area (Å²) in [5.74, 6) is -1.97. The van der Waals surface area contributed by atoms with Gasteiger partial charge in [-0.1, -0.05) is 23.7 Å². The fraction of sp³-hybridized carbons (Fsp3) is 0.391. The number of nitrogens with two attached hydrogens (primary N) is 1. The molecule has 0 saturated carbocycles. The molecule has 0 unspecified atom stereocenters. The summed E-state index contributed by atoms with van der Waals surface area (Å²) in [5, 5.41) is 21.3. The number of aliphatic imine (C=N–C) groups is 1. The molecule has 15 heteroatoms. The second-order valence-corrected chi connectivity index (χ2v) is 9.08. The molecule has 4 atom stereocenters. The number of pyridine rings is 1. The molecular formula is C23H21ClF3N5O6. The van der Waals surface area contributed by atoms with Gasteiger partial charge in [0, 0.05) is 5.56 Å². The number of carbonyl (C=O) groups is 1. The van der Waals surface area contributed by atoms with Crippen molar-refractivity contribution in [3.8, 4) is 17.3 Å². The topological polar surface area (TPSA) is 159 Å². The molecule has 0 aliphatic carbocycles.